The van der Waals surface area contributed by atoms with Crippen LogP contribution in [0.5, 0.6) is 5.75 Å². The quantitative estimate of drug-likeness (QED) is 0.297. The maximum absolute atomic E-state index is 12.1. The van der Waals surface area contributed by atoms with Crippen molar-refractivity contribution in [2.75, 3.05) is 0 Å². The summed E-state index contributed by atoms with van der Waals surface area (Å²) in [7, 11) is 0. The number of benzene rings is 3. The van der Waals surface area contributed by atoms with Crippen LogP contribution in [-0.2, 0) is 0 Å². The zero-order valence-electron chi connectivity index (χ0n) is 14.8. The molecule has 138 valence electrons. The van der Waals surface area contributed by atoms with E-state index in [1.54, 1.807) is 18.2 Å². The summed E-state index contributed by atoms with van der Waals surface area (Å²) >= 11 is 0. The Hall–Kier alpha value is -4.00. The zero-order chi connectivity index (χ0) is 19.7. The number of nitrogens with zero attached hydrogens (tertiary/aromatic N) is 3. The third-order valence-corrected chi connectivity index (χ3v) is 4.21. The molecule has 4 rings (SSSR count). The van der Waals surface area contributed by atoms with Crippen molar-refractivity contribution < 1.29 is 14.4 Å². The number of hydrogen-bond donors (Lipinski definition) is 0. The smallest absolute Gasteiger partial charge is 0.262 e. The molecular weight excluding hydrogens is 358 g/mol. The minimum atomic E-state index is -0.699. The lowest BCUT2D eigenvalue weighted by molar-refractivity contribution is -0.398. The Bertz CT molecular complexity index is 1230. The van der Waals surface area contributed by atoms with Gasteiger partial charge < -0.3 is 9.52 Å². The molecule has 0 fully saturated rings. The molecule has 3 aromatic carbocycles. The third-order valence-electron chi connectivity index (χ3n) is 4.21. The van der Waals surface area contributed by atoms with E-state index >= 15 is 0 Å². The fraction of sp³-hybridized carbons (Fsp3) is 0.0476. The first kappa shape index (κ1) is 17.4. The highest BCUT2D eigenvalue weighted by Gasteiger charge is 2.10. The van der Waals surface area contributed by atoms with Gasteiger partial charge in [0.05, 0.1) is 10.6 Å². The fourth-order valence-electron chi connectivity index (χ4n) is 2.81. The lowest BCUT2D eigenvalue weighted by Gasteiger charge is -2.09. The standard InChI is InChI=1S/C21H15N3O4/c1-13-8-9-17-19(10-13)28-21(23-17)14-4-2-6-16(11-14)22-12-15-5-3-7-18(20(15)25)24(26)27/h2-12,25H,1H3/p-1. The summed E-state index contributed by atoms with van der Waals surface area (Å²) < 4.78 is 5.83. The minimum Gasteiger partial charge on any atom is -0.867 e. The van der Waals surface area contributed by atoms with Gasteiger partial charge in [0.2, 0.25) is 5.89 Å². The lowest BCUT2D eigenvalue weighted by Crippen LogP contribution is -2.01. The van der Waals surface area contributed by atoms with Crippen molar-refractivity contribution in [2.45, 2.75) is 6.92 Å². The van der Waals surface area contributed by atoms with Gasteiger partial charge in [0.15, 0.2) is 5.58 Å². The van der Waals surface area contributed by atoms with Gasteiger partial charge in [0.25, 0.3) is 5.69 Å². The number of oxazole rings is 1. The van der Waals surface area contributed by atoms with E-state index in [2.05, 4.69) is 9.98 Å². The molecule has 0 aliphatic heterocycles. The molecule has 28 heavy (non-hydrogen) atoms. The molecule has 4 aromatic rings. The second kappa shape index (κ2) is 6.96. The maximum Gasteiger partial charge on any atom is 0.262 e. The molecule has 1 aromatic heterocycles. The van der Waals surface area contributed by atoms with Crippen LogP contribution in [0.2, 0.25) is 0 Å². The van der Waals surface area contributed by atoms with E-state index in [1.807, 2.05) is 31.2 Å². The Balaban J connectivity index is 1.66. The van der Waals surface area contributed by atoms with E-state index in [9.17, 15) is 15.2 Å². The minimum absolute atomic E-state index is 0.150. The molecule has 0 bridgehead atoms. The Morgan fingerprint density at radius 3 is 2.75 bits per heavy atom. The summed E-state index contributed by atoms with van der Waals surface area (Å²) in [4.78, 5) is 18.9. The fourth-order valence-corrected chi connectivity index (χ4v) is 2.81. The second-order valence-corrected chi connectivity index (χ2v) is 6.25. The van der Waals surface area contributed by atoms with Crippen molar-refractivity contribution in [3.63, 3.8) is 0 Å². The van der Waals surface area contributed by atoms with Crippen LogP contribution in [-0.4, -0.2) is 16.1 Å². The van der Waals surface area contributed by atoms with E-state index in [-0.39, 0.29) is 5.56 Å². The molecule has 0 atom stereocenters. The van der Waals surface area contributed by atoms with Crippen molar-refractivity contribution >= 4 is 28.7 Å². The number of rotatable bonds is 4. The zero-order valence-corrected chi connectivity index (χ0v) is 14.8. The number of aryl methyl sites for hydroxylation is 1. The number of para-hydroxylation sites is 1. The number of nitro groups is 1. The molecule has 0 spiro atoms. The number of aliphatic imine (C=N–C) groups is 1. The normalized spacial score (nSPS) is 11.3. The molecule has 1 heterocycles. The number of aromatic nitrogens is 1. The van der Waals surface area contributed by atoms with Crippen molar-refractivity contribution in [2.24, 2.45) is 4.99 Å². The SMILES string of the molecule is Cc1ccc2nc(-c3cccc(N=Cc4cccc([N+](=O)[O-])c4[O-])c3)oc2c1. The van der Waals surface area contributed by atoms with Gasteiger partial charge in [-0.1, -0.05) is 24.3 Å². The highest BCUT2D eigenvalue weighted by molar-refractivity contribution is 5.87. The molecule has 0 amide bonds. The van der Waals surface area contributed by atoms with Gasteiger partial charge in [-0.25, -0.2) is 4.98 Å². The van der Waals surface area contributed by atoms with Gasteiger partial charge >= 0.3 is 0 Å². The van der Waals surface area contributed by atoms with Crippen LogP contribution in [0.25, 0.3) is 22.6 Å². The molecular formula is C21H14N3O4-. The Morgan fingerprint density at radius 1 is 1.11 bits per heavy atom. The first-order valence-corrected chi connectivity index (χ1v) is 8.47. The van der Waals surface area contributed by atoms with E-state index in [4.69, 9.17) is 4.42 Å². The predicted octanol–water partition coefficient (Wildman–Crippen LogP) is 4.54. The first-order valence-electron chi connectivity index (χ1n) is 8.47. The molecule has 0 unspecified atom stereocenters. The van der Waals surface area contributed by atoms with Crippen molar-refractivity contribution in [3.8, 4) is 17.2 Å². The van der Waals surface area contributed by atoms with E-state index in [0.717, 1.165) is 16.6 Å². The third kappa shape index (κ3) is 3.33. The summed E-state index contributed by atoms with van der Waals surface area (Å²) in [6.45, 7) is 1.98. The van der Waals surface area contributed by atoms with Crippen LogP contribution in [0.15, 0.2) is 70.1 Å². The molecule has 0 aliphatic rings. The molecule has 0 N–H and O–H groups in total. The van der Waals surface area contributed by atoms with Crippen molar-refractivity contribution in [1.82, 2.24) is 4.98 Å². The molecule has 0 saturated carbocycles. The van der Waals surface area contributed by atoms with Crippen LogP contribution in [0.4, 0.5) is 11.4 Å². The Labute approximate surface area is 159 Å². The largest absolute Gasteiger partial charge is 0.867 e. The molecule has 0 aliphatic carbocycles. The lowest BCUT2D eigenvalue weighted by atomic mass is 10.2. The van der Waals surface area contributed by atoms with Gasteiger partial charge in [-0.2, -0.15) is 0 Å². The van der Waals surface area contributed by atoms with Gasteiger partial charge in [0, 0.05) is 17.8 Å². The summed E-state index contributed by atoms with van der Waals surface area (Å²) in [6, 6.07) is 17.1. The molecule has 7 heteroatoms. The van der Waals surface area contributed by atoms with Crippen LogP contribution < -0.4 is 5.11 Å². The highest BCUT2D eigenvalue weighted by Crippen LogP contribution is 2.29. The van der Waals surface area contributed by atoms with Gasteiger partial charge in [-0.15, -0.1) is 0 Å². The average molecular weight is 372 g/mol. The summed E-state index contributed by atoms with van der Waals surface area (Å²) in [5, 5.41) is 23.0. The van der Waals surface area contributed by atoms with Crippen LogP contribution >= 0.6 is 0 Å². The first-order chi connectivity index (χ1) is 13.5. The topological polar surface area (TPSA) is 105 Å². The van der Waals surface area contributed by atoms with Gasteiger partial charge in [-0.05, 0) is 54.1 Å². The molecule has 0 saturated heterocycles. The van der Waals surface area contributed by atoms with E-state index in [1.165, 1.54) is 24.4 Å². The summed E-state index contributed by atoms with van der Waals surface area (Å²) in [5.74, 6) is -0.195. The van der Waals surface area contributed by atoms with Crippen LogP contribution in [0.1, 0.15) is 11.1 Å². The Morgan fingerprint density at radius 2 is 1.93 bits per heavy atom. The van der Waals surface area contributed by atoms with Crippen molar-refractivity contribution in [1.29, 1.82) is 0 Å². The number of nitro benzene ring substituents is 1. The second-order valence-electron chi connectivity index (χ2n) is 6.25. The number of hydrogen-bond acceptors (Lipinski definition) is 6. The summed E-state index contributed by atoms with van der Waals surface area (Å²) in [5.41, 5.74) is 3.54. The highest BCUT2D eigenvalue weighted by atomic mass is 16.6. The summed E-state index contributed by atoms with van der Waals surface area (Å²) in [6.07, 6.45) is 1.32. The van der Waals surface area contributed by atoms with Crippen LogP contribution in [0.3, 0.4) is 0 Å². The molecule has 7 nitrogen and oxygen atoms in total. The van der Waals surface area contributed by atoms with Gasteiger partial charge in [-0.3, -0.25) is 15.1 Å². The van der Waals surface area contributed by atoms with Gasteiger partial charge in [0.1, 0.15) is 5.52 Å². The number of fused-ring (bicyclic) bond motifs is 1. The average Bonchev–Trinajstić information content (AvgIpc) is 3.10. The Kier molecular flexibility index (Phi) is 4.33. The predicted molar refractivity (Wildman–Crippen MR) is 104 cm³/mol. The monoisotopic (exact) mass is 372 g/mol. The maximum atomic E-state index is 12.1. The van der Waals surface area contributed by atoms with Crippen LogP contribution in [0, 0.1) is 17.0 Å². The van der Waals surface area contributed by atoms with Crippen molar-refractivity contribution in [3.05, 3.63) is 81.9 Å². The van der Waals surface area contributed by atoms with E-state index in [0.29, 0.717) is 17.2 Å². The molecule has 0 radical (unpaired) electrons. The van der Waals surface area contributed by atoms with E-state index < -0.39 is 16.4 Å².